The van der Waals surface area contributed by atoms with Crippen LogP contribution in [0.15, 0.2) is 18.2 Å². The van der Waals surface area contributed by atoms with Gasteiger partial charge in [0.1, 0.15) is 0 Å². The molecule has 0 heterocycles. The maximum Gasteiger partial charge on any atom is 0.167 e. The van der Waals surface area contributed by atoms with Crippen molar-refractivity contribution < 1.29 is 9.13 Å². The molecule has 0 amide bonds. The van der Waals surface area contributed by atoms with E-state index in [0.717, 1.165) is 18.8 Å². The Balaban J connectivity index is 1.94. The van der Waals surface area contributed by atoms with E-state index in [1.807, 2.05) is 20.0 Å². The minimum Gasteiger partial charge on any atom is -0.491 e. The first-order chi connectivity index (χ1) is 9.19. The summed E-state index contributed by atoms with van der Waals surface area (Å²) in [5.74, 6) is 0.0183. The molecule has 1 aliphatic carbocycles. The van der Waals surface area contributed by atoms with Crippen LogP contribution in [0.25, 0.3) is 0 Å². The van der Waals surface area contributed by atoms with Crippen LogP contribution in [0.1, 0.15) is 26.2 Å². The summed E-state index contributed by atoms with van der Waals surface area (Å²) in [6, 6.07) is 5.07. The van der Waals surface area contributed by atoms with Crippen LogP contribution < -0.4 is 15.4 Å². The molecule has 0 spiro atoms. The predicted octanol–water partition coefficient (Wildman–Crippen LogP) is 3.03. The first-order valence-corrected chi connectivity index (χ1v) is 7.00. The molecule has 2 rings (SSSR count). The van der Waals surface area contributed by atoms with Crippen molar-refractivity contribution in [3.8, 4) is 5.75 Å². The molecule has 1 fully saturated rings. The van der Waals surface area contributed by atoms with Gasteiger partial charge in [-0.3, -0.25) is 0 Å². The highest BCUT2D eigenvalue weighted by molar-refractivity contribution is 5.47. The molecule has 0 saturated heterocycles. The van der Waals surface area contributed by atoms with Gasteiger partial charge in [0.15, 0.2) is 11.6 Å². The molecule has 106 valence electrons. The quantitative estimate of drug-likeness (QED) is 0.796. The third-order valence-electron chi connectivity index (χ3n) is 3.87. The van der Waals surface area contributed by atoms with E-state index in [2.05, 4.69) is 10.6 Å². The lowest BCUT2D eigenvalue weighted by Crippen LogP contribution is -2.44. The smallest absolute Gasteiger partial charge is 0.167 e. The molecule has 19 heavy (non-hydrogen) atoms. The average molecular weight is 266 g/mol. The molecule has 1 aromatic rings. The van der Waals surface area contributed by atoms with Crippen molar-refractivity contribution in [3.63, 3.8) is 0 Å². The van der Waals surface area contributed by atoms with Gasteiger partial charge in [-0.25, -0.2) is 4.39 Å². The monoisotopic (exact) mass is 266 g/mol. The van der Waals surface area contributed by atoms with Crippen LogP contribution in [0, 0.1) is 11.2 Å². The second-order valence-corrected chi connectivity index (χ2v) is 5.32. The Morgan fingerprint density at radius 1 is 1.32 bits per heavy atom. The molecule has 4 heteroatoms. The molecule has 0 aromatic heterocycles. The lowest BCUT2D eigenvalue weighted by atomic mass is 9.68. The van der Waals surface area contributed by atoms with E-state index in [4.69, 9.17) is 4.74 Å². The van der Waals surface area contributed by atoms with Gasteiger partial charge in [-0.1, -0.05) is 6.42 Å². The first kappa shape index (κ1) is 14.1. The molecule has 1 aliphatic rings. The lowest BCUT2D eigenvalue weighted by molar-refractivity contribution is 0.151. The largest absolute Gasteiger partial charge is 0.491 e. The number of rotatable bonds is 7. The van der Waals surface area contributed by atoms with Gasteiger partial charge in [-0.15, -0.1) is 0 Å². The van der Waals surface area contributed by atoms with E-state index in [1.54, 1.807) is 6.07 Å². The minimum atomic E-state index is -0.303. The highest BCUT2D eigenvalue weighted by Crippen LogP contribution is 2.40. The van der Waals surface area contributed by atoms with Crippen LogP contribution in [0.5, 0.6) is 5.75 Å². The Morgan fingerprint density at radius 2 is 2.11 bits per heavy atom. The SMILES string of the molecule is CCOc1ccc(NCC2(CNC)CCC2)cc1F. The molecular weight excluding hydrogens is 243 g/mol. The number of ether oxygens (including phenoxy) is 1. The number of anilines is 1. The predicted molar refractivity (Wildman–Crippen MR) is 76.3 cm³/mol. The number of hydrogen-bond donors (Lipinski definition) is 2. The van der Waals surface area contributed by atoms with E-state index < -0.39 is 0 Å². The van der Waals surface area contributed by atoms with Gasteiger partial charge in [0, 0.05) is 30.3 Å². The summed E-state index contributed by atoms with van der Waals surface area (Å²) in [5.41, 5.74) is 1.16. The number of nitrogens with one attached hydrogen (secondary N) is 2. The summed E-state index contributed by atoms with van der Waals surface area (Å²) in [4.78, 5) is 0. The summed E-state index contributed by atoms with van der Waals surface area (Å²) in [6.07, 6.45) is 3.77. The average Bonchev–Trinajstić information content (AvgIpc) is 2.36. The van der Waals surface area contributed by atoms with Gasteiger partial charge in [-0.2, -0.15) is 0 Å². The molecule has 0 atom stereocenters. The maximum atomic E-state index is 13.7. The maximum absolute atomic E-state index is 13.7. The minimum absolute atomic E-state index is 0.303. The van der Waals surface area contributed by atoms with E-state index >= 15 is 0 Å². The van der Waals surface area contributed by atoms with Crippen LogP contribution in [-0.4, -0.2) is 26.7 Å². The molecule has 0 unspecified atom stereocenters. The fraction of sp³-hybridized carbons (Fsp3) is 0.600. The Kier molecular flexibility index (Phi) is 4.64. The molecule has 2 N–H and O–H groups in total. The molecule has 0 radical (unpaired) electrons. The van der Waals surface area contributed by atoms with Gasteiger partial charge in [0.2, 0.25) is 0 Å². The Morgan fingerprint density at radius 3 is 2.63 bits per heavy atom. The summed E-state index contributed by atoms with van der Waals surface area (Å²) in [6.45, 7) is 4.24. The van der Waals surface area contributed by atoms with Gasteiger partial charge in [0.05, 0.1) is 6.61 Å². The second kappa shape index (κ2) is 6.24. The van der Waals surface area contributed by atoms with Crippen molar-refractivity contribution in [2.45, 2.75) is 26.2 Å². The van der Waals surface area contributed by atoms with Gasteiger partial charge < -0.3 is 15.4 Å². The topological polar surface area (TPSA) is 33.3 Å². The number of benzene rings is 1. The van der Waals surface area contributed by atoms with Crippen molar-refractivity contribution in [1.82, 2.24) is 5.32 Å². The fourth-order valence-corrected chi connectivity index (χ4v) is 2.64. The van der Waals surface area contributed by atoms with E-state index in [-0.39, 0.29) is 5.82 Å². The van der Waals surface area contributed by atoms with E-state index in [9.17, 15) is 4.39 Å². The number of hydrogen-bond acceptors (Lipinski definition) is 3. The van der Waals surface area contributed by atoms with Crippen LogP contribution in [0.4, 0.5) is 10.1 Å². The summed E-state index contributed by atoms with van der Waals surface area (Å²) in [7, 11) is 1.98. The van der Waals surface area contributed by atoms with Gasteiger partial charge >= 0.3 is 0 Å². The molecule has 1 saturated carbocycles. The summed E-state index contributed by atoms with van der Waals surface area (Å²) >= 11 is 0. The van der Waals surface area contributed by atoms with Crippen LogP contribution in [-0.2, 0) is 0 Å². The van der Waals surface area contributed by atoms with Crippen molar-refractivity contribution in [3.05, 3.63) is 24.0 Å². The Hall–Kier alpha value is -1.29. The van der Waals surface area contributed by atoms with E-state index in [1.165, 1.54) is 25.3 Å². The number of halogens is 1. The summed E-state index contributed by atoms with van der Waals surface area (Å²) < 4.78 is 18.9. The van der Waals surface area contributed by atoms with Crippen LogP contribution in [0.3, 0.4) is 0 Å². The Labute approximate surface area is 114 Å². The van der Waals surface area contributed by atoms with Crippen molar-refractivity contribution in [1.29, 1.82) is 0 Å². The molecule has 0 bridgehead atoms. The van der Waals surface area contributed by atoms with Crippen LogP contribution in [0.2, 0.25) is 0 Å². The third-order valence-corrected chi connectivity index (χ3v) is 3.87. The summed E-state index contributed by atoms with van der Waals surface area (Å²) in [5, 5.41) is 6.60. The second-order valence-electron chi connectivity index (χ2n) is 5.32. The molecule has 3 nitrogen and oxygen atoms in total. The van der Waals surface area contributed by atoms with Gasteiger partial charge in [-0.05, 0) is 38.9 Å². The molecular formula is C15H23FN2O. The highest BCUT2D eigenvalue weighted by Gasteiger charge is 2.35. The standard InChI is InChI=1S/C15H23FN2O/c1-3-19-14-6-5-12(9-13(14)16)18-11-15(10-17-2)7-4-8-15/h5-6,9,17-18H,3-4,7-8,10-11H2,1-2H3. The van der Waals surface area contributed by atoms with Crippen molar-refractivity contribution in [2.75, 3.05) is 32.1 Å². The van der Waals surface area contributed by atoms with Crippen molar-refractivity contribution in [2.24, 2.45) is 5.41 Å². The zero-order valence-electron chi connectivity index (χ0n) is 11.8. The molecule has 0 aliphatic heterocycles. The highest BCUT2D eigenvalue weighted by atomic mass is 19.1. The lowest BCUT2D eigenvalue weighted by Gasteiger charge is -2.42. The zero-order valence-corrected chi connectivity index (χ0v) is 11.8. The normalized spacial score (nSPS) is 16.8. The Bertz CT molecular complexity index is 419. The third kappa shape index (κ3) is 3.38. The van der Waals surface area contributed by atoms with E-state index in [0.29, 0.717) is 17.8 Å². The first-order valence-electron chi connectivity index (χ1n) is 7.00. The molecule has 1 aromatic carbocycles. The zero-order chi connectivity index (χ0) is 13.7. The van der Waals surface area contributed by atoms with Gasteiger partial charge in [0.25, 0.3) is 0 Å². The van der Waals surface area contributed by atoms with Crippen LogP contribution >= 0.6 is 0 Å². The fourth-order valence-electron chi connectivity index (χ4n) is 2.64. The van der Waals surface area contributed by atoms with Crippen molar-refractivity contribution >= 4 is 5.69 Å².